The van der Waals surface area contributed by atoms with E-state index in [1.807, 2.05) is 36.4 Å². The number of nitrogens with one attached hydrogen (secondary N) is 1. The molecule has 1 N–H and O–H groups in total. The molecule has 0 radical (unpaired) electrons. The van der Waals surface area contributed by atoms with Crippen LogP contribution in [0.15, 0.2) is 66.9 Å². The topological polar surface area (TPSA) is 48.7 Å². The molecule has 23 heavy (non-hydrogen) atoms. The van der Waals surface area contributed by atoms with Crippen LogP contribution in [0.2, 0.25) is 0 Å². The van der Waals surface area contributed by atoms with Crippen LogP contribution in [-0.4, -0.2) is 4.98 Å². The van der Waals surface area contributed by atoms with Gasteiger partial charge in [0.15, 0.2) is 0 Å². The van der Waals surface area contributed by atoms with E-state index >= 15 is 0 Å². The maximum absolute atomic E-state index is 9.56. The molecule has 0 aliphatic carbocycles. The van der Waals surface area contributed by atoms with Gasteiger partial charge in [0.25, 0.3) is 0 Å². The second-order valence-corrected chi connectivity index (χ2v) is 5.40. The van der Waals surface area contributed by atoms with E-state index in [0.717, 1.165) is 16.7 Å². The van der Waals surface area contributed by atoms with Gasteiger partial charge in [0.05, 0.1) is 0 Å². The quantitative estimate of drug-likeness (QED) is 0.769. The lowest BCUT2D eigenvalue weighted by atomic mass is 10.0. The number of aryl methyl sites for hydroxylation is 1. The number of aromatic nitrogens is 1. The smallest absolute Gasteiger partial charge is 0.144 e. The fraction of sp³-hybridized carbons (Fsp3) is 0.100. The van der Waals surface area contributed by atoms with Gasteiger partial charge in [0, 0.05) is 18.3 Å². The molecule has 0 amide bonds. The molecule has 0 unspecified atom stereocenters. The highest BCUT2D eigenvalue weighted by atomic mass is 15.0. The van der Waals surface area contributed by atoms with Gasteiger partial charge in [-0.05, 0) is 24.1 Å². The molecule has 0 fully saturated rings. The van der Waals surface area contributed by atoms with Crippen LogP contribution in [0.3, 0.4) is 0 Å². The molecule has 0 aliphatic rings. The molecular weight excluding hydrogens is 282 g/mol. The Labute approximate surface area is 136 Å². The van der Waals surface area contributed by atoms with Crippen molar-refractivity contribution in [1.82, 2.24) is 4.98 Å². The van der Waals surface area contributed by atoms with Crippen LogP contribution in [-0.2, 0) is 6.54 Å². The summed E-state index contributed by atoms with van der Waals surface area (Å²) < 4.78 is 0. The predicted molar refractivity (Wildman–Crippen MR) is 92.9 cm³/mol. The lowest BCUT2D eigenvalue weighted by molar-refractivity contribution is 1.10. The Balaban J connectivity index is 1.88. The second-order valence-electron chi connectivity index (χ2n) is 5.40. The first-order valence-corrected chi connectivity index (χ1v) is 7.52. The molecule has 112 valence electrons. The summed E-state index contributed by atoms with van der Waals surface area (Å²) in [7, 11) is 0. The van der Waals surface area contributed by atoms with E-state index in [-0.39, 0.29) is 0 Å². The van der Waals surface area contributed by atoms with E-state index in [1.165, 1.54) is 5.56 Å². The van der Waals surface area contributed by atoms with Gasteiger partial charge in [0.1, 0.15) is 17.5 Å². The van der Waals surface area contributed by atoms with Crippen LogP contribution >= 0.6 is 0 Å². The van der Waals surface area contributed by atoms with Gasteiger partial charge in [-0.1, -0.05) is 60.2 Å². The molecule has 0 atom stereocenters. The van der Waals surface area contributed by atoms with Crippen molar-refractivity contribution in [3.05, 3.63) is 83.6 Å². The van der Waals surface area contributed by atoms with Crippen molar-refractivity contribution >= 4 is 5.82 Å². The van der Waals surface area contributed by atoms with Crippen molar-refractivity contribution in [2.45, 2.75) is 13.5 Å². The molecule has 1 aromatic heterocycles. The minimum Gasteiger partial charge on any atom is -0.365 e. The third kappa shape index (κ3) is 3.38. The number of anilines is 1. The molecule has 0 aliphatic heterocycles. The largest absolute Gasteiger partial charge is 0.365 e. The van der Waals surface area contributed by atoms with E-state index in [4.69, 9.17) is 0 Å². The van der Waals surface area contributed by atoms with Gasteiger partial charge < -0.3 is 5.32 Å². The lowest BCUT2D eigenvalue weighted by Crippen LogP contribution is -2.04. The Morgan fingerprint density at radius 1 is 1.00 bits per heavy atom. The first kappa shape index (κ1) is 14.8. The molecule has 0 spiro atoms. The van der Waals surface area contributed by atoms with Gasteiger partial charge in [-0.25, -0.2) is 4.98 Å². The maximum atomic E-state index is 9.56. The monoisotopic (exact) mass is 299 g/mol. The van der Waals surface area contributed by atoms with Crippen molar-refractivity contribution in [3.8, 4) is 17.2 Å². The fourth-order valence-corrected chi connectivity index (χ4v) is 2.46. The average Bonchev–Trinajstić information content (AvgIpc) is 2.61. The van der Waals surface area contributed by atoms with Crippen molar-refractivity contribution in [2.75, 3.05) is 5.32 Å². The van der Waals surface area contributed by atoms with E-state index in [0.29, 0.717) is 17.9 Å². The summed E-state index contributed by atoms with van der Waals surface area (Å²) in [4.78, 5) is 4.33. The normalized spacial score (nSPS) is 10.1. The first-order valence-electron chi connectivity index (χ1n) is 7.52. The highest BCUT2D eigenvalue weighted by Crippen LogP contribution is 2.27. The van der Waals surface area contributed by atoms with Crippen LogP contribution in [0, 0.1) is 18.3 Å². The van der Waals surface area contributed by atoms with Crippen LogP contribution in [0.4, 0.5) is 5.82 Å². The summed E-state index contributed by atoms with van der Waals surface area (Å²) in [5.41, 5.74) is 4.88. The minimum atomic E-state index is 0.575. The molecule has 3 heteroatoms. The number of nitrogens with zero attached hydrogens (tertiary/aromatic N) is 2. The summed E-state index contributed by atoms with van der Waals surface area (Å²) >= 11 is 0. The Morgan fingerprint density at radius 2 is 1.74 bits per heavy atom. The fourth-order valence-electron chi connectivity index (χ4n) is 2.46. The zero-order valence-corrected chi connectivity index (χ0v) is 13.0. The van der Waals surface area contributed by atoms with Crippen LogP contribution < -0.4 is 5.32 Å². The van der Waals surface area contributed by atoms with Crippen LogP contribution in [0.25, 0.3) is 11.1 Å². The van der Waals surface area contributed by atoms with Gasteiger partial charge in [0.2, 0.25) is 0 Å². The van der Waals surface area contributed by atoms with E-state index in [2.05, 4.69) is 47.6 Å². The molecule has 2 aromatic carbocycles. The van der Waals surface area contributed by atoms with Gasteiger partial charge in [-0.3, -0.25) is 0 Å². The summed E-state index contributed by atoms with van der Waals surface area (Å²) in [5.74, 6) is 0.620. The average molecular weight is 299 g/mol. The molecular formula is C20H17N3. The van der Waals surface area contributed by atoms with Crippen molar-refractivity contribution < 1.29 is 0 Å². The molecule has 1 heterocycles. The van der Waals surface area contributed by atoms with Crippen LogP contribution in [0.5, 0.6) is 0 Å². The van der Waals surface area contributed by atoms with Crippen LogP contribution in [0.1, 0.15) is 16.7 Å². The SMILES string of the molecule is Cc1ccc(CNc2nccc(-c3ccccc3)c2C#N)cc1. The molecule has 0 saturated heterocycles. The maximum Gasteiger partial charge on any atom is 0.144 e. The first-order chi connectivity index (χ1) is 11.3. The second kappa shape index (κ2) is 6.76. The number of pyridine rings is 1. The number of hydrogen-bond acceptors (Lipinski definition) is 3. The van der Waals surface area contributed by atoms with Crippen molar-refractivity contribution in [1.29, 1.82) is 5.26 Å². The Hall–Kier alpha value is -3.12. The highest BCUT2D eigenvalue weighted by Gasteiger charge is 2.10. The number of benzene rings is 2. The van der Waals surface area contributed by atoms with Crippen molar-refractivity contribution in [2.24, 2.45) is 0 Å². The summed E-state index contributed by atoms with van der Waals surface area (Å²) in [6.45, 7) is 2.70. The van der Waals surface area contributed by atoms with E-state index in [1.54, 1.807) is 6.20 Å². The summed E-state index contributed by atoms with van der Waals surface area (Å²) in [5, 5.41) is 12.8. The van der Waals surface area contributed by atoms with Crippen molar-refractivity contribution in [3.63, 3.8) is 0 Å². The molecule has 0 bridgehead atoms. The molecule has 0 saturated carbocycles. The summed E-state index contributed by atoms with van der Waals surface area (Å²) in [6.07, 6.45) is 1.74. The standard InChI is InChI=1S/C20H17N3/c1-15-7-9-16(10-8-15)14-23-20-19(13-21)18(11-12-22-20)17-5-3-2-4-6-17/h2-12H,14H2,1H3,(H,22,23). The lowest BCUT2D eigenvalue weighted by Gasteiger charge is -2.11. The number of hydrogen-bond donors (Lipinski definition) is 1. The molecule has 3 aromatic rings. The Kier molecular flexibility index (Phi) is 4.35. The predicted octanol–water partition coefficient (Wildman–Crippen LogP) is 4.54. The van der Waals surface area contributed by atoms with E-state index in [9.17, 15) is 5.26 Å². The number of nitriles is 1. The van der Waals surface area contributed by atoms with E-state index < -0.39 is 0 Å². The highest BCUT2D eigenvalue weighted by molar-refractivity contribution is 5.75. The zero-order chi connectivity index (χ0) is 16.1. The van der Waals surface area contributed by atoms with Gasteiger partial charge in [-0.2, -0.15) is 5.26 Å². The third-order valence-electron chi connectivity index (χ3n) is 3.73. The number of rotatable bonds is 4. The Morgan fingerprint density at radius 3 is 2.43 bits per heavy atom. The van der Waals surface area contributed by atoms with Gasteiger partial charge >= 0.3 is 0 Å². The summed E-state index contributed by atoms with van der Waals surface area (Å²) in [6, 6.07) is 22.4. The Bertz CT molecular complexity index is 831. The van der Waals surface area contributed by atoms with Gasteiger partial charge in [-0.15, -0.1) is 0 Å². The molecule has 3 nitrogen and oxygen atoms in total. The minimum absolute atomic E-state index is 0.575. The molecule has 3 rings (SSSR count). The zero-order valence-electron chi connectivity index (χ0n) is 13.0. The third-order valence-corrected chi connectivity index (χ3v) is 3.73.